The van der Waals surface area contributed by atoms with E-state index in [0.29, 0.717) is 6.04 Å². The third-order valence-corrected chi connectivity index (χ3v) is 4.35. The first kappa shape index (κ1) is 19.0. The molecule has 0 bridgehead atoms. The van der Waals surface area contributed by atoms with Gasteiger partial charge in [-0.1, -0.05) is 98.0 Å². The van der Waals surface area contributed by atoms with Crippen molar-refractivity contribution in [3.63, 3.8) is 0 Å². The van der Waals surface area contributed by atoms with Gasteiger partial charge in [0.05, 0.1) is 21.1 Å². The quantitative estimate of drug-likeness (QED) is 0.423. The van der Waals surface area contributed by atoms with E-state index in [1.165, 1.54) is 16.7 Å². The fourth-order valence-corrected chi connectivity index (χ4v) is 3.09. The third kappa shape index (κ3) is 6.21. The number of rotatable bonds is 7. The van der Waals surface area contributed by atoms with E-state index in [2.05, 4.69) is 113 Å². The van der Waals surface area contributed by atoms with Crippen LogP contribution >= 0.6 is 0 Å². The summed E-state index contributed by atoms with van der Waals surface area (Å²) in [6, 6.07) is 19.8. The lowest BCUT2D eigenvalue weighted by Gasteiger charge is -2.34. The van der Waals surface area contributed by atoms with Gasteiger partial charge in [-0.2, -0.15) is 0 Å². The summed E-state index contributed by atoms with van der Waals surface area (Å²) >= 11 is 0. The maximum atomic E-state index is 2.26. The summed E-state index contributed by atoms with van der Waals surface area (Å²) < 4.78 is 0.960. The average Bonchev–Trinajstić information content (AvgIpc) is 2.59. The molecule has 0 aliphatic rings. The molecule has 0 spiro atoms. The molecule has 2 aromatic carbocycles. The molecule has 0 saturated heterocycles. The first-order valence-electron chi connectivity index (χ1n) is 8.98. The minimum absolute atomic E-state index is 0.543. The van der Waals surface area contributed by atoms with Crippen molar-refractivity contribution in [2.75, 3.05) is 21.1 Å². The first-order chi connectivity index (χ1) is 12.0. The summed E-state index contributed by atoms with van der Waals surface area (Å²) in [5.41, 5.74) is 3.86. The molecule has 0 heterocycles. The molecule has 1 unspecified atom stereocenters. The van der Waals surface area contributed by atoms with E-state index < -0.39 is 0 Å². The molecule has 0 fully saturated rings. The summed E-state index contributed by atoms with van der Waals surface area (Å²) in [6.07, 6.45) is 13.7. The van der Waals surface area contributed by atoms with Crippen LogP contribution in [0.4, 0.5) is 0 Å². The molecule has 0 N–H and O–H groups in total. The van der Waals surface area contributed by atoms with Crippen LogP contribution in [-0.4, -0.2) is 25.6 Å². The molecule has 2 aromatic rings. The Labute approximate surface area is 153 Å². The van der Waals surface area contributed by atoms with Crippen LogP contribution in [0.1, 0.15) is 36.1 Å². The van der Waals surface area contributed by atoms with Crippen LogP contribution in [0.5, 0.6) is 0 Å². The maximum Gasteiger partial charge on any atom is 0.114 e. The molecular weight excluding hydrogens is 302 g/mol. The summed E-state index contributed by atoms with van der Waals surface area (Å²) in [4.78, 5) is 0. The van der Waals surface area contributed by atoms with Crippen LogP contribution in [0, 0.1) is 0 Å². The second-order valence-corrected chi connectivity index (χ2v) is 7.22. The Morgan fingerprint density at radius 2 is 1.24 bits per heavy atom. The van der Waals surface area contributed by atoms with Gasteiger partial charge in [0, 0.05) is 12.0 Å². The normalized spacial score (nSPS) is 13.9. The van der Waals surface area contributed by atoms with Crippen LogP contribution in [0.25, 0.3) is 12.2 Å². The molecule has 1 heteroatoms. The maximum absolute atomic E-state index is 2.26. The predicted molar refractivity (Wildman–Crippen MR) is 111 cm³/mol. The lowest BCUT2D eigenvalue weighted by atomic mass is 10.0. The monoisotopic (exact) mass is 332 g/mol. The molecule has 0 aromatic heterocycles. The van der Waals surface area contributed by atoms with E-state index in [9.17, 15) is 0 Å². The summed E-state index contributed by atoms with van der Waals surface area (Å²) in [5.74, 6) is 0. The summed E-state index contributed by atoms with van der Waals surface area (Å²) in [7, 11) is 6.78. The number of quaternary nitrogens is 1. The molecule has 130 valence electrons. The zero-order chi connectivity index (χ0) is 18.1. The Morgan fingerprint density at radius 3 is 1.72 bits per heavy atom. The third-order valence-electron chi connectivity index (χ3n) is 4.35. The second kappa shape index (κ2) is 9.19. The zero-order valence-corrected chi connectivity index (χ0v) is 15.9. The van der Waals surface area contributed by atoms with Crippen LogP contribution in [0.15, 0.2) is 78.9 Å². The first-order valence-corrected chi connectivity index (χ1v) is 8.98. The standard InChI is InChI=1S/C24H30N/c1-5-24(25(2,3)4)23-19-17-22(18-20-23)16-10-7-6-9-13-21-14-11-8-12-15-21/h6-20,24H,5H2,1-4H3/q+1/b7-6+,13-9+,16-10+. The molecule has 25 heavy (non-hydrogen) atoms. The van der Waals surface area contributed by atoms with Crippen LogP contribution in [-0.2, 0) is 0 Å². The number of hydrogen-bond donors (Lipinski definition) is 0. The number of hydrogen-bond acceptors (Lipinski definition) is 0. The predicted octanol–water partition coefficient (Wildman–Crippen LogP) is 6.13. The minimum atomic E-state index is 0.543. The molecule has 0 aliphatic carbocycles. The molecule has 1 nitrogen and oxygen atoms in total. The molecule has 0 amide bonds. The van der Waals surface area contributed by atoms with Crippen molar-refractivity contribution < 1.29 is 4.48 Å². The SMILES string of the molecule is CCC(c1ccc(/C=C/C=C/C=C/c2ccccc2)cc1)[N+](C)(C)C. The Balaban J connectivity index is 1.93. The topological polar surface area (TPSA) is 0 Å². The smallest absolute Gasteiger partial charge is 0.114 e. The highest BCUT2D eigenvalue weighted by Crippen LogP contribution is 2.26. The Hall–Kier alpha value is -2.38. The molecule has 1 atom stereocenters. The van der Waals surface area contributed by atoms with Crippen molar-refractivity contribution in [1.82, 2.24) is 0 Å². The van der Waals surface area contributed by atoms with E-state index in [1.54, 1.807) is 0 Å². The van der Waals surface area contributed by atoms with Gasteiger partial charge in [-0.15, -0.1) is 0 Å². The zero-order valence-electron chi connectivity index (χ0n) is 15.9. The van der Waals surface area contributed by atoms with Crippen molar-refractivity contribution in [2.45, 2.75) is 19.4 Å². The highest BCUT2D eigenvalue weighted by atomic mass is 15.3. The Morgan fingerprint density at radius 1 is 0.720 bits per heavy atom. The van der Waals surface area contributed by atoms with Gasteiger partial charge in [-0.3, -0.25) is 0 Å². The van der Waals surface area contributed by atoms with Gasteiger partial charge in [0.1, 0.15) is 6.04 Å². The van der Waals surface area contributed by atoms with E-state index in [4.69, 9.17) is 0 Å². The Bertz CT molecular complexity index is 713. The van der Waals surface area contributed by atoms with Crippen molar-refractivity contribution in [3.05, 3.63) is 95.6 Å². The lowest BCUT2D eigenvalue weighted by molar-refractivity contribution is -0.902. The van der Waals surface area contributed by atoms with Crippen LogP contribution in [0.2, 0.25) is 0 Å². The number of nitrogens with zero attached hydrogens (tertiary/aromatic N) is 1. The number of allylic oxidation sites excluding steroid dienone is 4. The highest BCUT2D eigenvalue weighted by molar-refractivity contribution is 5.53. The van der Waals surface area contributed by atoms with Gasteiger partial charge < -0.3 is 4.48 Å². The van der Waals surface area contributed by atoms with Gasteiger partial charge in [0.2, 0.25) is 0 Å². The molecular formula is C24H30N+. The molecule has 0 aliphatic heterocycles. The van der Waals surface area contributed by atoms with E-state index in [0.717, 1.165) is 10.9 Å². The van der Waals surface area contributed by atoms with E-state index in [1.807, 2.05) is 6.07 Å². The van der Waals surface area contributed by atoms with Gasteiger partial charge in [0.15, 0.2) is 0 Å². The minimum Gasteiger partial charge on any atom is -0.325 e. The summed E-state index contributed by atoms with van der Waals surface area (Å²) in [5, 5.41) is 0. The fourth-order valence-electron chi connectivity index (χ4n) is 3.09. The van der Waals surface area contributed by atoms with Crippen molar-refractivity contribution in [1.29, 1.82) is 0 Å². The van der Waals surface area contributed by atoms with Gasteiger partial charge >= 0.3 is 0 Å². The van der Waals surface area contributed by atoms with Crippen molar-refractivity contribution in [3.8, 4) is 0 Å². The molecule has 2 rings (SSSR count). The van der Waals surface area contributed by atoms with Gasteiger partial charge in [-0.05, 0) is 11.1 Å². The van der Waals surface area contributed by atoms with Crippen LogP contribution in [0.3, 0.4) is 0 Å². The van der Waals surface area contributed by atoms with Crippen LogP contribution < -0.4 is 0 Å². The average molecular weight is 333 g/mol. The lowest BCUT2D eigenvalue weighted by Crippen LogP contribution is -2.38. The van der Waals surface area contributed by atoms with E-state index >= 15 is 0 Å². The van der Waals surface area contributed by atoms with E-state index in [-0.39, 0.29) is 0 Å². The van der Waals surface area contributed by atoms with Gasteiger partial charge in [0.25, 0.3) is 0 Å². The Kier molecular flexibility index (Phi) is 6.97. The van der Waals surface area contributed by atoms with Crippen molar-refractivity contribution >= 4 is 12.2 Å². The largest absolute Gasteiger partial charge is 0.325 e. The van der Waals surface area contributed by atoms with Gasteiger partial charge in [-0.25, -0.2) is 0 Å². The number of benzene rings is 2. The molecule has 0 radical (unpaired) electrons. The fraction of sp³-hybridized carbons (Fsp3) is 0.250. The second-order valence-electron chi connectivity index (χ2n) is 7.22. The molecule has 0 saturated carbocycles. The highest BCUT2D eigenvalue weighted by Gasteiger charge is 2.23. The summed E-state index contributed by atoms with van der Waals surface area (Å²) in [6.45, 7) is 2.26. The van der Waals surface area contributed by atoms with Crippen molar-refractivity contribution in [2.24, 2.45) is 0 Å².